The monoisotopic (exact) mass is 410 g/mol. The molecule has 0 bridgehead atoms. The van der Waals surface area contributed by atoms with E-state index in [1.807, 2.05) is 24.3 Å². The van der Waals surface area contributed by atoms with Crippen molar-refractivity contribution in [3.63, 3.8) is 0 Å². The first-order valence-corrected chi connectivity index (χ1v) is 12.3. The number of aromatic hydroxyl groups is 2. The van der Waals surface area contributed by atoms with Crippen molar-refractivity contribution in [2.24, 2.45) is 0 Å². The molecular weight excluding hydrogens is 368 g/mol. The normalized spacial score (nSPS) is 11.1. The maximum absolute atomic E-state index is 10.5. The van der Waals surface area contributed by atoms with E-state index in [1.54, 1.807) is 0 Å². The molecule has 0 aromatic heterocycles. The fourth-order valence-electron chi connectivity index (χ4n) is 4.14. The minimum atomic E-state index is 0.262. The van der Waals surface area contributed by atoms with Gasteiger partial charge in [-0.3, -0.25) is 0 Å². The zero-order valence-corrected chi connectivity index (χ0v) is 19.3. The molecule has 0 heterocycles. The average molecular weight is 411 g/mol. The molecule has 0 aliphatic rings. The van der Waals surface area contributed by atoms with Crippen molar-refractivity contribution >= 4 is 0 Å². The van der Waals surface area contributed by atoms with E-state index in [-0.39, 0.29) is 11.5 Å². The lowest BCUT2D eigenvalue weighted by molar-refractivity contribution is 0.468. The standard InChI is InChI=1S/C28H42O2/c1-3-5-7-9-11-13-15-23-17-19-25(27(29)21-23)26-20-18-24(22-28(26)30)16-14-12-10-8-6-4-2/h17-22,29-30H,3-16H2,1-2H3. The van der Waals surface area contributed by atoms with Gasteiger partial charge in [-0.1, -0.05) is 102 Å². The third-order valence-electron chi connectivity index (χ3n) is 6.05. The summed E-state index contributed by atoms with van der Waals surface area (Å²) in [7, 11) is 0. The van der Waals surface area contributed by atoms with E-state index in [0.717, 1.165) is 12.8 Å². The molecule has 0 amide bonds. The van der Waals surface area contributed by atoms with Gasteiger partial charge in [0, 0.05) is 11.1 Å². The van der Waals surface area contributed by atoms with Crippen LogP contribution in [0.5, 0.6) is 11.5 Å². The van der Waals surface area contributed by atoms with E-state index in [4.69, 9.17) is 0 Å². The van der Waals surface area contributed by atoms with E-state index >= 15 is 0 Å². The second kappa shape index (κ2) is 14.1. The minimum absolute atomic E-state index is 0.262. The van der Waals surface area contributed by atoms with Gasteiger partial charge in [0.15, 0.2) is 0 Å². The molecule has 2 heteroatoms. The van der Waals surface area contributed by atoms with Gasteiger partial charge < -0.3 is 10.2 Å². The topological polar surface area (TPSA) is 40.5 Å². The fraction of sp³-hybridized carbons (Fsp3) is 0.571. The van der Waals surface area contributed by atoms with Gasteiger partial charge in [-0.25, -0.2) is 0 Å². The van der Waals surface area contributed by atoms with Gasteiger partial charge in [-0.2, -0.15) is 0 Å². The number of phenols is 2. The maximum Gasteiger partial charge on any atom is 0.123 e. The van der Waals surface area contributed by atoms with Crippen LogP contribution in [0.2, 0.25) is 0 Å². The van der Waals surface area contributed by atoms with E-state index in [0.29, 0.717) is 11.1 Å². The molecule has 2 aromatic carbocycles. The zero-order chi connectivity index (χ0) is 21.6. The molecular formula is C28H42O2. The first-order chi connectivity index (χ1) is 14.7. The summed E-state index contributed by atoms with van der Waals surface area (Å²) < 4.78 is 0. The third-order valence-corrected chi connectivity index (χ3v) is 6.05. The summed E-state index contributed by atoms with van der Waals surface area (Å²) in [6, 6.07) is 11.8. The summed E-state index contributed by atoms with van der Waals surface area (Å²) >= 11 is 0. The molecule has 0 saturated carbocycles. The van der Waals surface area contributed by atoms with Crippen LogP contribution in [0.4, 0.5) is 0 Å². The highest BCUT2D eigenvalue weighted by Crippen LogP contribution is 2.36. The third kappa shape index (κ3) is 8.42. The largest absolute Gasteiger partial charge is 0.507 e. The maximum atomic E-state index is 10.5. The molecule has 0 saturated heterocycles. The Kier molecular flexibility index (Phi) is 11.4. The Morgan fingerprint density at radius 1 is 0.500 bits per heavy atom. The van der Waals surface area contributed by atoms with Crippen molar-refractivity contribution in [1.29, 1.82) is 0 Å². The molecule has 0 radical (unpaired) electrons. The number of phenolic OH excluding ortho intramolecular Hbond substituents is 2. The lowest BCUT2D eigenvalue weighted by Crippen LogP contribution is -1.90. The Labute approximate surface area is 184 Å². The van der Waals surface area contributed by atoms with Crippen LogP contribution in [-0.2, 0) is 12.8 Å². The van der Waals surface area contributed by atoms with E-state index in [9.17, 15) is 10.2 Å². The molecule has 2 nitrogen and oxygen atoms in total. The summed E-state index contributed by atoms with van der Waals surface area (Å²) in [6.45, 7) is 4.48. The Bertz CT molecular complexity index is 672. The van der Waals surface area contributed by atoms with Gasteiger partial charge in [0.25, 0.3) is 0 Å². The lowest BCUT2D eigenvalue weighted by atomic mass is 9.97. The van der Waals surface area contributed by atoms with Crippen LogP contribution in [0, 0.1) is 0 Å². The number of unbranched alkanes of at least 4 members (excludes halogenated alkanes) is 10. The molecule has 2 rings (SSSR count). The molecule has 166 valence electrons. The molecule has 0 spiro atoms. The van der Waals surface area contributed by atoms with Crippen molar-refractivity contribution < 1.29 is 10.2 Å². The van der Waals surface area contributed by atoms with Crippen molar-refractivity contribution in [1.82, 2.24) is 0 Å². The number of benzene rings is 2. The lowest BCUT2D eigenvalue weighted by Gasteiger charge is -2.11. The van der Waals surface area contributed by atoms with Crippen LogP contribution in [0.1, 0.15) is 102 Å². The summed E-state index contributed by atoms with van der Waals surface area (Å²) in [5, 5.41) is 21.1. The summed E-state index contributed by atoms with van der Waals surface area (Å²) in [5.41, 5.74) is 3.77. The Hall–Kier alpha value is -1.96. The first kappa shape index (κ1) is 24.3. The van der Waals surface area contributed by atoms with Crippen molar-refractivity contribution in [3.8, 4) is 22.6 Å². The van der Waals surface area contributed by atoms with Crippen molar-refractivity contribution in [2.45, 2.75) is 104 Å². The number of hydrogen-bond donors (Lipinski definition) is 2. The van der Waals surface area contributed by atoms with Crippen molar-refractivity contribution in [3.05, 3.63) is 47.5 Å². The molecule has 2 aromatic rings. The number of aryl methyl sites for hydroxylation is 2. The highest BCUT2D eigenvalue weighted by Gasteiger charge is 2.11. The minimum Gasteiger partial charge on any atom is -0.507 e. The van der Waals surface area contributed by atoms with Gasteiger partial charge in [0.2, 0.25) is 0 Å². The average Bonchev–Trinajstić information content (AvgIpc) is 2.74. The molecule has 0 aliphatic carbocycles. The molecule has 2 N–H and O–H groups in total. The van der Waals surface area contributed by atoms with Gasteiger partial charge >= 0.3 is 0 Å². The van der Waals surface area contributed by atoms with Crippen LogP contribution >= 0.6 is 0 Å². The van der Waals surface area contributed by atoms with E-state index in [2.05, 4.69) is 26.0 Å². The number of hydrogen-bond acceptors (Lipinski definition) is 2. The predicted molar refractivity (Wildman–Crippen MR) is 129 cm³/mol. The molecule has 0 unspecified atom stereocenters. The summed E-state index contributed by atoms with van der Waals surface area (Å²) in [5.74, 6) is 0.523. The number of rotatable bonds is 15. The molecule has 0 fully saturated rings. The van der Waals surface area contributed by atoms with Gasteiger partial charge in [0.1, 0.15) is 11.5 Å². The van der Waals surface area contributed by atoms with Crippen LogP contribution in [-0.4, -0.2) is 10.2 Å². The Morgan fingerprint density at radius 3 is 1.23 bits per heavy atom. The van der Waals surface area contributed by atoms with Crippen LogP contribution in [0.3, 0.4) is 0 Å². The van der Waals surface area contributed by atoms with Crippen LogP contribution < -0.4 is 0 Å². The Morgan fingerprint density at radius 2 is 0.867 bits per heavy atom. The molecule has 0 atom stereocenters. The smallest absolute Gasteiger partial charge is 0.123 e. The zero-order valence-electron chi connectivity index (χ0n) is 19.3. The van der Waals surface area contributed by atoms with Crippen LogP contribution in [0.15, 0.2) is 36.4 Å². The Balaban J connectivity index is 1.87. The highest BCUT2D eigenvalue weighted by atomic mass is 16.3. The first-order valence-electron chi connectivity index (χ1n) is 12.3. The van der Waals surface area contributed by atoms with Crippen LogP contribution in [0.25, 0.3) is 11.1 Å². The fourth-order valence-corrected chi connectivity index (χ4v) is 4.14. The predicted octanol–water partition coefficient (Wildman–Crippen LogP) is 8.57. The molecule has 0 aliphatic heterocycles. The second-order valence-corrected chi connectivity index (χ2v) is 8.74. The second-order valence-electron chi connectivity index (χ2n) is 8.74. The highest BCUT2D eigenvalue weighted by molar-refractivity contribution is 5.75. The van der Waals surface area contributed by atoms with Gasteiger partial charge in [-0.05, 0) is 48.9 Å². The van der Waals surface area contributed by atoms with E-state index < -0.39 is 0 Å². The molecule has 30 heavy (non-hydrogen) atoms. The van der Waals surface area contributed by atoms with Gasteiger partial charge in [0.05, 0.1) is 0 Å². The summed E-state index contributed by atoms with van der Waals surface area (Å²) in [6.07, 6.45) is 17.3. The van der Waals surface area contributed by atoms with Gasteiger partial charge in [-0.15, -0.1) is 0 Å². The van der Waals surface area contributed by atoms with Crippen molar-refractivity contribution in [2.75, 3.05) is 0 Å². The van der Waals surface area contributed by atoms with E-state index in [1.165, 1.54) is 88.2 Å². The quantitative estimate of drug-likeness (QED) is 0.289. The summed E-state index contributed by atoms with van der Waals surface area (Å²) in [4.78, 5) is 0. The SMILES string of the molecule is CCCCCCCCc1ccc(-c2ccc(CCCCCCCC)cc2O)c(O)c1.